The average Bonchev–Trinajstić information content (AvgIpc) is 2.98. The van der Waals surface area contributed by atoms with Crippen LogP contribution < -0.4 is 15.5 Å². The van der Waals surface area contributed by atoms with Gasteiger partial charge in [0.15, 0.2) is 11.4 Å². The second kappa shape index (κ2) is 15.0. The zero-order valence-corrected chi connectivity index (χ0v) is 25.5. The molecule has 3 rings (SSSR count). The van der Waals surface area contributed by atoms with E-state index in [0.29, 0.717) is 6.42 Å². The molecule has 3 aromatic rings. The van der Waals surface area contributed by atoms with E-state index in [1.807, 2.05) is 67.6 Å². The molecule has 2 aromatic carbocycles. The Morgan fingerprint density at radius 3 is 1.93 bits per heavy atom. The van der Waals surface area contributed by atoms with Crippen molar-refractivity contribution < 1.29 is 33.3 Å². The van der Waals surface area contributed by atoms with Crippen molar-refractivity contribution in [3.8, 4) is 5.75 Å². The molecule has 1 amide bonds. The fourth-order valence-electron chi connectivity index (χ4n) is 4.68. The third-order valence-corrected chi connectivity index (χ3v) is 6.58. The Morgan fingerprint density at radius 1 is 0.884 bits per heavy atom. The molecule has 0 aliphatic carbocycles. The lowest BCUT2D eigenvalue weighted by Crippen LogP contribution is -2.45. The van der Waals surface area contributed by atoms with Crippen LogP contribution >= 0.6 is 0 Å². The number of esters is 2. The molecule has 0 unspecified atom stereocenters. The lowest BCUT2D eigenvalue weighted by molar-refractivity contribution is 0.0491. The molecule has 1 atom stereocenters. The topological polar surface area (TPSA) is 122 Å². The quantitative estimate of drug-likeness (QED) is 0.170. The van der Waals surface area contributed by atoms with Gasteiger partial charge in [-0.25, -0.2) is 14.4 Å². The number of carbonyl (C=O) groups is 3. The number of pyridine rings is 1. The number of nitrogens with one attached hydrogen (secondary N) is 1. The summed E-state index contributed by atoms with van der Waals surface area (Å²) in [6, 6.07) is 18.4. The number of aromatic nitrogens is 1. The molecule has 1 aromatic heterocycles. The first-order chi connectivity index (χ1) is 20.5. The first-order valence-corrected chi connectivity index (χ1v) is 14.2. The standard InChI is InChI=1S/C33H40N2O8/c1-7-8-19-42-29-27(31(38)41-6)35(20-24(28(29)36)30(37)40-5)21-25(34-32(39)43-33(2,3)4)26(22-15-11-9-12-16-22)23-17-13-10-14-18-23/h9-18,20,25-26H,7-8,19,21H2,1-6H3,(H,34,39)/t25-/m0/s1. The Labute approximate surface area is 251 Å². The van der Waals surface area contributed by atoms with E-state index < -0.39 is 41.0 Å². The van der Waals surface area contributed by atoms with Gasteiger partial charge in [-0.15, -0.1) is 0 Å². The molecule has 0 bridgehead atoms. The highest BCUT2D eigenvalue weighted by molar-refractivity contribution is 5.94. The number of rotatable bonds is 12. The molecular weight excluding hydrogens is 552 g/mol. The van der Waals surface area contributed by atoms with Gasteiger partial charge in [0.2, 0.25) is 5.43 Å². The van der Waals surface area contributed by atoms with Gasteiger partial charge < -0.3 is 28.8 Å². The van der Waals surface area contributed by atoms with E-state index in [4.69, 9.17) is 18.9 Å². The fraction of sp³-hybridized carbons (Fsp3) is 0.394. The lowest BCUT2D eigenvalue weighted by Gasteiger charge is -2.32. The number of methoxy groups -OCH3 is 2. The molecule has 0 aliphatic heterocycles. The van der Waals surface area contributed by atoms with Gasteiger partial charge in [-0.2, -0.15) is 0 Å². The SMILES string of the molecule is CCCCOc1c(C(=O)OC)n(C[C@H](NC(=O)OC(C)(C)C)C(c2ccccc2)c2ccccc2)cc(C(=O)OC)c1=O. The molecule has 0 radical (unpaired) electrons. The zero-order valence-electron chi connectivity index (χ0n) is 25.5. The summed E-state index contributed by atoms with van der Waals surface area (Å²) in [7, 11) is 2.35. The van der Waals surface area contributed by atoms with Gasteiger partial charge in [0.05, 0.1) is 26.9 Å². The summed E-state index contributed by atoms with van der Waals surface area (Å²) in [5.41, 5.74) is -0.331. The van der Waals surface area contributed by atoms with Crippen molar-refractivity contribution in [1.82, 2.24) is 9.88 Å². The third-order valence-electron chi connectivity index (χ3n) is 6.58. The number of amides is 1. The van der Waals surface area contributed by atoms with Crippen molar-refractivity contribution in [3.63, 3.8) is 0 Å². The van der Waals surface area contributed by atoms with Crippen molar-refractivity contribution >= 4 is 18.0 Å². The second-order valence-corrected chi connectivity index (χ2v) is 10.9. The minimum atomic E-state index is -0.894. The zero-order chi connectivity index (χ0) is 31.6. The number of carbonyl (C=O) groups excluding carboxylic acids is 3. The molecule has 230 valence electrons. The van der Waals surface area contributed by atoms with Crippen LogP contribution in [0.1, 0.15) is 78.4 Å². The number of unbranched alkanes of at least 4 members (excludes halogenated alkanes) is 1. The summed E-state index contributed by atoms with van der Waals surface area (Å²) in [6.45, 7) is 7.28. The van der Waals surface area contributed by atoms with Gasteiger partial charge in [-0.3, -0.25) is 4.79 Å². The highest BCUT2D eigenvalue weighted by atomic mass is 16.6. The normalized spacial score (nSPS) is 11.9. The molecule has 1 heterocycles. The number of hydrogen-bond donors (Lipinski definition) is 1. The molecule has 0 saturated carbocycles. The summed E-state index contributed by atoms with van der Waals surface area (Å²) >= 11 is 0. The van der Waals surface area contributed by atoms with Crippen LogP contribution in [0.15, 0.2) is 71.7 Å². The van der Waals surface area contributed by atoms with Gasteiger partial charge >= 0.3 is 18.0 Å². The van der Waals surface area contributed by atoms with Crippen molar-refractivity contribution in [1.29, 1.82) is 0 Å². The lowest BCUT2D eigenvalue weighted by atomic mass is 9.84. The van der Waals surface area contributed by atoms with E-state index in [0.717, 1.165) is 24.7 Å². The molecular formula is C33H40N2O8. The highest BCUT2D eigenvalue weighted by Gasteiger charge is 2.33. The Bertz CT molecular complexity index is 1410. The average molecular weight is 593 g/mol. The van der Waals surface area contributed by atoms with Crippen LogP contribution in [-0.2, 0) is 20.8 Å². The van der Waals surface area contributed by atoms with Gasteiger partial charge in [0, 0.05) is 18.7 Å². The maximum Gasteiger partial charge on any atom is 0.407 e. The molecule has 10 heteroatoms. The smallest absolute Gasteiger partial charge is 0.407 e. The molecule has 0 aliphatic rings. The van der Waals surface area contributed by atoms with E-state index in [1.54, 1.807) is 20.8 Å². The van der Waals surface area contributed by atoms with E-state index in [-0.39, 0.29) is 30.2 Å². The van der Waals surface area contributed by atoms with Crippen LogP contribution in [0.2, 0.25) is 0 Å². The maximum atomic E-state index is 13.4. The Morgan fingerprint density at radius 2 is 1.44 bits per heavy atom. The molecule has 1 N–H and O–H groups in total. The number of benzene rings is 2. The molecule has 43 heavy (non-hydrogen) atoms. The van der Waals surface area contributed by atoms with Crippen LogP contribution in [0.5, 0.6) is 5.75 Å². The summed E-state index contributed by atoms with van der Waals surface area (Å²) < 4.78 is 22.8. The van der Waals surface area contributed by atoms with Gasteiger partial charge in [0.25, 0.3) is 0 Å². The van der Waals surface area contributed by atoms with Crippen molar-refractivity contribution in [2.24, 2.45) is 0 Å². The van der Waals surface area contributed by atoms with E-state index in [2.05, 4.69) is 5.32 Å². The predicted octanol–water partition coefficient (Wildman–Crippen LogP) is 5.33. The van der Waals surface area contributed by atoms with E-state index >= 15 is 0 Å². The van der Waals surface area contributed by atoms with Crippen LogP contribution in [0.3, 0.4) is 0 Å². The number of hydrogen-bond acceptors (Lipinski definition) is 8. The van der Waals surface area contributed by atoms with Crippen LogP contribution in [-0.4, -0.2) is 55.1 Å². The Balaban J connectivity index is 2.28. The first-order valence-electron chi connectivity index (χ1n) is 14.2. The number of ether oxygens (including phenoxy) is 4. The Hall–Kier alpha value is -4.60. The molecule has 10 nitrogen and oxygen atoms in total. The van der Waals surface area contributed by atoms with Crippen LogP contribution in [0.25, 0.3) is 0 Å². The summed E-state index contributed by atoms with van der Waals surface area (Å²) in [6.07, 6.45) is 1.94. The van der Waals surface area contributed by atoms with E-state index in [9.17, 15) is 19.2 Å². The minimum absolute atomic E-state index is 0.0768. The largest absolute Gasteiger partial charge is 0.487 e. The summed E-state index contributed by atoms with van der Waals surface area (Å²) in [5, 5.41) is 2.98. The summed E-state index contributed by atoms with van der Waals surface area (Å²) in [4.78, 5) is 52.6. The van der Waals surface area contributed by atoms with Gasteiger partial charge in [-0.05, 0) is 38.3 Å². The van der Waals surface area contributed by atoms with Crippen molar-refractivity contribution in [3.05, 3.63) is 99.5 Å². The molecule has 0 fully saturated rings. The maximum absolute atomic E-state index is 13.4. The van der Waals surface area contributed by atoms with Gasteiger partial charge in [-0.1, -0.05) is 74.0 Å². The molecule has 0 spiro atoms. The van der Waals surface area contributed by atoms with Crippen LogP contribution in [0, 0.1) is 0 Å². The van der Waals surface area contributed by atoms with Crippen LogP contribution in [0.4, 0.5) is 4.79 Å². The minimum Gasteiger partial charge on any atom is -0.487 e. The molecule has 0 saturated heterocycles. The highest BCUT2D eigenvalue weighted by Crippen LogP contribution is 2.30. The fourth-order valence-corrected chi connectivity index (χ4v) is 4.68. The van der Waals surface area contributed by atoms with Gasteiger partial charge in [0.1, 0.15) is 11.2 Å². The first kappa shape index (κ1) is 32.9. The monoisotopic (exact) mass is 592 g/mol. The number of nitrogens with zero attached hydrogens (tertiary/aromatic N) is 1. The third kappa shape index (κ3) is 8.70. The van der Waals surface area contributed by atoms with Crippen molar-refractivity contribution in [2.75, 3.05) is 20.8 Å². The Kier molecular flexibility index (Phi) is 11.5. The van der Waals surface area contributed by atoms with E-state index in [1.165, 1.54) is 17.9 Å². The second-order valence-electron chi connectivity index (χ2n) is 10.9. The predicted molar refractivity (Wildman–Crippen MR) is 162 cm³/mol. The number of alkyl carbamates (subject to hydrolysis) is 1. The van der Waals surface area contributed by atoms with Crippen molar-refractivity contribution in [2.45, 2.75) is 64.6 Å². The summed E-state index contributed by atoms with van der Waals surface area (Å²) in [5.74, 6) is -2.50.